The molecule has 0 heterocycles. The molecule has 5 heteroatoms. The van der Waals surface area contributed by atoms with E-state index in [-0.39, 0.29) is 13.2 Å². The van der Waals surface area contributed by atoms with Crippen LogP contribution in [-0.2, 0) is 20.8 Å². The molecule has 0 aliphatic rings. The second-order valence-electron chi connectivity index (χ2n) is 3.98. The molecular weight excluding hydrogens is 258 g/mol. The van der Waals surface area contributed by atoms with Crippen molar-refractivity contribution in [2.75, 3.05) is 19.8 Å². The number of carbonyl (C=O) groups excluding carboxylic acids is 2. The highest BCUT2D eigenvalue weighted by molar-refractivity contribution is 5.81. The highest BCUT2D eigenvalue weighted by atomic mass is 16.6. The van der Waals surface area contributed by atoms with E-state index in [0.29, 0.717) is 13.2 Å². The molecule has 0 spiro atoms. The van der Waals surface area contributed by atoms with E-state index in [4.69, 9.17) is 9.47 Å². The Labute approximate surface area is 118 Å². The third kappa shape index (κ3) is 5.56. The molecule has 0 atom stereocenters. The van der Waals surface area contributed by atoms with E-state index in [0.717, 1.165) is 11.6 Å². The number of hydrogen-bond acceptors (Lipinski definition) is 4. The highest BCUT2D eigenvalue weighted by Gasteiger charge is 2.15. The first kappa shape index (κ1) is 15.8. The fraction of sp³-hybridized carbons (Fsp3) is 0.333. The second-order valence-corrected chi connectivity index (χ2v) is 3.98. The molecule has 108 valence electrons. The normalized spacial score (nSPS) is 9.65. The molecule has 0 N–H and O–H groups in total. The van der Waals surface area contributed by atoms with Gasteiger partial charge in [0.25, 0.3) is 0 Å². The third-order valence-corrected chi connectivity index (χ3v) is 2.51. The highest BCUT2D eigenvalue weighted by Crippen LogP contribution is 2.06. The van der Waals surface area contributed by atoms with Gasteiger partial charge in [-0.2, -0.15) is 0 Å². The van der Waals surface area contributed by atoms with Gasteiger partial charge in [0.15, 0.2) is 0 Å². The van der Waals surface area contributed by atoms with E-state index in [1.165, 1.54) is 4.90 Å². The molecule has 0 fully saturated rings. The summed E-state index contributed by atoms with van der Waals surface area (Å²) in [5.41, 5.74) is 0.982. The fourth-order valence-electron chi connectivity index (χ4n) is 1.57. The molecule has 1 rings (SSSR count). The predicted molar refractivity (Wildman–Crippen MR) is 75.0 cm³/mol. The van der Waals surface area contributed by atoms with Gasteiger partial charge in [0.05, 0.1) is 13.2 Å². The van der Waals surface area contributed by atoms with Crippen LogP contribution in [0, 0.1) is 0 Å². The first-order valence-corrected chi connectivity index (χ1v) is 6.42. The third-order valence-electron chi connectivity index (χ3n) is 2.51. The summed E-state index contributed by atoms with van der Waals surface area (Å²) >= 11 is 0. The summed E-state index contributed by atoms with van der Waals surface area (Å²) in [6.45, 7) is 6.15. The summed E-state index contributed by atoms with van der Waals surface area (Å²) in [4.78, 5) is 24.3. The lowest BCUT2D eigenvalue weighted by atomic mass is 10.2. The minimum atomic E-state index is -0.506. The SMILES string of the molecule is C=CC(=O)OCCN(Cc1ccccc1)C(=O)OCC. The first-order valence-electron chi connectivity index (χ1n) is 6.42. The van der Waals surface area contributed by atoms with Crippen LogP contribution in [0.5, 0.6) is 0 Å². The average Bonchev–Trinajstić information content (AvgIpc) is 2.47. The van der Waals surface area contributed by atoms with Gasteiger partial charge >= 0.3 is 12.1 Å². The lowest BCUT2D eigenvalue weighted by Gasteiger charge is -2.21. The van der Waals surface area contributed by atoms with Crippen LogP contribution in [0.3, 0.4) is 0 Å². The van der Waals surface area contributed by atoms with E-state index in [9.17, 15) is 9.59 Å². The predicted octanol–water partition coefficient (Wildman–Crippen LogP) is 2.37. The summed E-state index contributed by atoms with van der Waals surface area (Å²) in [6.07, 6.45) is 0.664. The Morgan fingerprint density at radius 2 is 1.95 bits per heavy atom. The minimum Gasteiger partial charge on any atom is -0.461 e. The van der Waals surface area contributed by atoms with Crippen molar-refractivity contribution in [1.82, 2.24) is 4.90 Å². The van der Waals surface area contributed by atoms with Gasteiger partial charge in [-0.25, -0.2) is 9.59 Å². The number of benzene rings is 1. The quantitative estimate of drug-likeness (QED) is 0.567. The van der Waals surface area contributed by atoms with E-state index >= 15 is 0 Å². The largest absolute Gasteiger partial charge is 0.461 e. The van der Waals surface area contributed by atoms with Gasteiger partial charge < -0.3 is 14.4 Å². The Hall–Kier alpha value is -2.30. The van der Waals surface area contributed by atoms with Crippen molar-refractivity contribution in [1.29, 1.82) is 0 Å². The lowest BCUT2D eigenvalue weighted by molar-refractivity contribution is -0.138. The number of carbonyl (C=O) groups is 2. The number of rotatable bonds is 7. The molecular formula is C15H19NO4. The molecule has 1 amide bonds. The van der Waals surface area contributed by atoms with E-state index in [1.807, 2.05) is 30.3 Å². The van der Waals surface area contributed by atoms with Gasteiger partial charge in [0.1, 0.15) is 6.61 Å². The molecule has 0 aliphatic carbocycles. The fourth-order valence-corrected chi connectivity index (χ4v) is 1.57. The lowest BCUT2D eigenvalue weighted by Crippen LogP contribution is -2.34. The zero-order valence-electron chi connectivity index (χ0n) is 11.6. The van der Waals surface area contributed by atoms with E-state index in [1.54, 1.807) is 6.92 Å². The summed E-state index contributed by atoms with van der Waals surface area (Å²) in [7, 11) is 0. The van der Waals surface area contributed by atoms with Crippen molar-refractivity contribution in [2.24, 2.45) is 0 Å². The van der Waals surface area contributed by atoms with Crippen LogP contribution in [-0.4, -0.2) is 36.7 Å². The summed E-state index contributed by atoms with van der Waals surface area (Å²) < 4.78 is 9.87. The van der Waals surface area contributed by atoms with Crippen LogP contribution in [0.15, 0.2) is 43.0 Å². The molecule has 0 unspecified atom stereocenters. The van der Waals surface area contributed by atoms with Crippen molar-refractivity contribution < 1.29 is 19.1 Å². The summed E-state index contributed by atoms with van der Waals surface area (Å²) in [5.74, 6) is -0.506. The van der Waals surface area contributed by atoms with Crippen molar-refractivity contribution in [2.45, 2.75) is 13.5 Å². The maximum absolute atomic E-state index is 11.8. The Morgan fingerprint density at radius 1 is 1.25 bits per heavy atom. The van der Waals surface area contributed by atoms with Crippen LogP contribution in [0.2, 0.25) is 0 Å². The summed E-state index contributed by atoms with van der Waals surface area (Å²) in [6, 6.07) is 9.54. The number of ether oxygens (including phenoxy) is 2. The Bertz CT molecular complexity index is 444. The van der Waals surface area contributed by atoms with E-state index < -0.39 is 12.1 Å². The number of hydrogen-bond donors (Lipinski definition) is 0. The molecule has 0 radical (unpaired) electrons. The molecule has 0 saturated carbocycles. The van der Waals surface area contributed by atoms with Gasteiger partial charge in [0.2, 0.25) is 0 Å². The molecule has 1 aromatic rings. The number of amides is 1. The van der Waals surface area contributed by atoms with Crippen molar-refractivity contribution in [3.63, 3.8) is 0 Å². The first-order chi connectivity index (χ1) is 9.67. The van der Waals surface area contributed by atoms with Crippen LogP contribution in [0.4, 0.5) is 4.79 Å². The Balaban J connectivity index is 2.58. The number of nitrogens with zero attached hydrogens (tertiary/aromatic N) is 1. The zero-order valence-corrected chi connectivity index (χ0v) is 11.6. The maximum Gasteiger partial charge on any atom is 0.410 e. The minimum absolute atomic E-state index is 0.108. The molecule has 0 aromatic heterocycles. The monoisotopic (exact) mass is 277 g/mol. The zero-order chi connectivity index (χ0) is 14.8. The molecule has 1 aromatic carbocycles. The summed E-state index contributed by atoms with van der Waals surface area (Å²) in [5, 5.41) is 0. The molecule has 20 heavy (non-hydrogen) atoms. The van der Waals surface area contributed by atoms with Gasteiger partial charge in [-0.1, -0.05) is 36.9 Å². The van der Waals surface area contributed by atoms with Gasteiger partial charge in [0, 0.05) is 12.6 Å². The van der Waals surface area contributed by atoms with E-state index in [2.05, 4.69) is 6.58 Å². The number of esters is 1. The molecule has 0 saturated heterocycles. The molecule has 5 nitrogen and oxygen atoms in total. The van der Waals surface area contributed by atoms with Crippen LogP contribution in [0.1, 0.15) is 12.5 Å². The molecule has 0 bridgehead atoms. The van der Waals surface area contributed by atoms with Crippen molar-refractivity contribution in [3.8, 4) is 0 Å². The van der Waals surface area contributed by atoms with Crippen LogP contribution >= 0.6 is 0 Å². The van der Waals surface area contributed by atoms with Crippen molar-refractivity contribution in [3.05, 3.63) is 48.6 Å². The smallest absolute Gasteiger partial charge is 0.410 e. The standard InChI is InChI=1S/C15H19NO4/c1-3-14(17)20-11-10-16(15(18)19-4-2)12-13-8-6-5-7-9-13/h3,5-9H,1,4,10-12H2,2H3. The average molecular weight is 277 g/mol. The molecule has 0 aliphatic heterocycles. The van der Waals surface area contributed by atoms with Gasteiger partial charge in [-0.05, 0) is 12.5 Å². The van der Waals surface area contributed by atoms with Crippen molar-refractivity contribution >= 4 is 12.1 Å². The second kappa shape index (κ2) is 8.74. The van der Waals surface area contributed by atoms with Gasteiger partial charge in [-0.3, -0.25) is 0 Å². The Kier molecular flexibility index (Phi) is 6.89. The Morgan fingerprint density at radius 3 is 2.55 bits per heavy atom. The van der Waals surface area contributed by atoms with Gasteiger partial charge in [-0.15, -0.1) is 0 Å². The van der Waals surface area contributed by atoms with Crippen LogP contribution in [0.25, 0.3) is 0 Å². The maximum atomic E-state index is 11.8. The topological polar surface area (TPSA) is 55.8 Å². The van der Waals surface area contributed by atoms with Crippen LogP contribution < -0.4 is 0 Å².